The van der Waals surface area contributed by atoms with Gasteiger partial charge in [-0.15, -0.1) is 0 Å². The van der Waals surface area contributed by atoms with E-state index in [1.165, 1.54) is 12.0 Å². The Balaban J connectivity index is 2.51. The molecule has 1 aromatic carbocycles. The van der Waals surface area contributed by atoms with Crippen molar-refractivity contribution in [3.05, 3.63) is 29.8 Å². The number of rotatable bonds is 1. The Morgan fingerprint density at radius 3 is 2.73 bits per heavy atom. The number of ether oxygens (including phenoxy) is 1. The second kappa shape index (κ2) is 3.38. The van der Waals surface area contributed by atoms with Crippen molar-refractivity contribution in [1.82, 2.24) is 0 Å². The van der Waals surface area contributed by atoms with Crippen molar-refractivity contribution in [3.8, 4) is 0 Å². The predicted molar refractivity (Wildman–Crippen MR) is 54.6 cm³/mol. The Labute approximate surface area is 87.4 Å². The highest BCUT2D eigenvalue weighted by Gasteiger charge is 2.40. The van der Waals surface area contributed by atoms with Crippen LogP contribution in [0.3, 0.4) is 0 Å². The van der Waals surface area contributed by atoms with Crippen molar-refractivity contribution >= 4 is 17.6 Å². The van der Waals surface area contributed by atoms with Gasteiger partial charge >= 0.3 is 5.97 Å². The fourth-order valence-corrected chi connectivity index (χ4v) is 1.83. The van der Waals surface area contributed by atoms with E-state index in [2.05, 4.69) is 4.74 Å². The number of likely N-dealkylation sites (N-methyl/N-ethyl adjacent to an activating group) is 1. The summed E-state index contributed by atoms with van der Waals surface area (Å²) in [5.41, 5.74) is 1.50. The molecule has 0 radical (unpaired) electrons. The first kappa shape index (κ1) is 9.71. The zero-order valence-corrected chi connectivity index (χ0v) is 8.56. The normalized spacial score (nSPS) is 18.9. The molecular formula is C11H11NO3. The van der Waals surface area contributed by atoms with Crippen LogP contribution in [0.1, 0.15) is 11.5 Å². The van der Waals surface area contributed by atoms with Gasteiger partial charge in [0.1, 0.15) is 0 Å². The third kappa shape index (κ3) is 1.29. The summed E-state index contributed by atoms with van der Waals surface area (Å²) >= 11 is 0. The van der Waals surface area contributed by atoms with Crippen LogP contribution in [0.4, 0.5) is 5.69 Å². The molecular weight excluding hydrogens is 194 g/mol. The summed E-state index contributed by atoms with van der Waals surface area (Å²) < 4.78 is 4.62. The minimum atomic E-state index is -0.795. The highest BCUT2D eigenvalue weighted by Crippen LogP contribution is 2.36. The van der Waals surface area contributed by atoms with Gasteiger partial charge < -0.3 is 9.64 Å². The van der Waals surface area contributed by atoms with Crippen LogP contribution in [0, 0.1) is 0 Å². The minimum absolute atomic E-state index is 0.233. The number of para-hydroxylation sites is 1. The van der Waals surface area contributed by atoms with E-state index in [1.54, 1.807) is 19.2 Å². The first-order chi connectivity index (χ1) is 7.16. The van der Waals surface area contributed by atoms with Crippen LogP contribution in [0.2, 0.25) is 0 Å². The van der Waals surface area contributed by atoms with E-state index in [1.807, 2.05) is 12.1 Å². The first-order valence-corrected chi connectivity index (χ1v) is 4.61. The lowest BCUT2D eigenvalue weighted by molar-refractivity contribution is -0.145. The summed E-state index contributed by atoms with van der Waals surface area (Å²) in [6.07, 6.45) is 0. The van der Waals surface area contributed by atoms with E-state index < -0.39 is 11.9 Å². The highest BCUT2D eigenvalue weighted by molar-refractivity contribution is 6.15. The molecule has 0 N–H and O–H groups in total. The van der Waals surface area contributed by atoms with Crippen LogP contribution in [0.15, 0.2) is 24.3 Å². The van der Waals surface area contributed by atoms with Crippen molar-refractivity contribution in [1.29, 1.82) is 0 Å². The number of nitrogens with zero attached hydrogens (tertiary/aromatic N) is 1. The Kier molecular flexibility index (Phi) is 2.19. The summed E-state index contributed by atoms with van der Waals surface area (Å²) in [4.78, 5) is 24.7. The standard InChI is InChI=1S/C11H11NO3/c1-12-8-6-4-3-5-7(8)9(10(12)13)11(14)15-2/h3-6,9H,1-2H3/t9-/m0/s1. The molecule has 1 aromatic rings. The molecule has 78 valence electrons. The van der Waals surface area contributed by atoms with E-state index in [4.69, 9.17) is 0 Å². The smallest absolute Gasteiger partial charge is 0.322 e. The summed E-state index contributed by atoms with van der Waals surface area (Å²) in [6, 6.07) is 7.23. The zero-order chi connectivity index (χ0) is 11.0. The van der Waals surface area contributed by atoms with Crippen molar-refractivity contribution in [2.45, 2.75) is 5.92 Å². The fourth-order valence-electron chi connectivity index (χ4n) is 1.83. The van der Waals surface area contributed by atoms with Crippen molar-refractivity contribution < 1.29 is 14.3 Å². The molecule has 1 aliphatic rings. The Bertz CT molecular complexity index is 428. The Morgan fingerprint density at radius 2 is 2.07 bits per heavy atom. The quantitative estimate of drug-likeness (QED) is 0.506. The third-order valence-electron chi connectivity index (χ3n) is 2.62. The maximum absolute atomic E-state index is 11.8. The van der Waals surface area contributed by atoms with Gasteiger partial charge in [-0.25, -0.2) is 0 Å². The maximum Gasteiger partial charge on any atom is 0.322 e. The number of hydrogen-bond acceptors (Lipinski definition) is 3. The number of hydrogen-bond donors (Lipinski definition) is 0. The lowest BCUT2D eigenvalue weighted by atomic mass is 10.0. The molecule has 2 rings (SSSR count). The second-order valence-electron chi connectivity index (χ2n) is 3.41. The van der Waals surface area contributed by atoms with E-state index in [9.17, 15) is 9.59 Å². The molecule has 4 heteroatoms. The number of carbonyl (C=O) groups excluding carboxylic acids is 2. The molecule has 1 heterocycles. The summed E-state index contributed by atoms with van der Waals surface area (Å²) in [5.74, 6) is -1.53. The number of amides is 1. The van der Waals surface area contributed by atoms with E-state index in [0.717, 1.165) is 11.3 Å². The average Bonchev–Trinajstić information content (AvgIpc) is 2.52. The topological polar surface area (TPSA) is 46.6 Å². The molecule has 0 aliphatic carbocycles. The van der Waals surface area contributed by atoms with Crippen LogP contribution in [-0.4, -0.2) is 26.0 Å². The minimum Gasteiger partial charge on any atom is -0.468 e. The van der Waals surface area contributed by atoms with Gasteiger partial charge in [-0.1, -0.05) is 18.2 Å². The lowest BCUT2D eigenvalue weighted by Gasteiger charge is -2.09. The fraction of sp³-hybridized carbons (Fsp3) is 0.273. The van der Waals surface area contributed by atoms with Crippen LogP contribution >= 0.6 is 0 Å². The van der Waals surface area contributed by atoms with Gasteiger partial charge in [0.25, 0.3) is 0 Å². The molecule has 0 saturated heterocycles. The number of fused-ring (bicyclic) bond motifs is 1. The molecule has 1 aliphatic heterocycles. The highest BCUT2D eigenvalue weighted by atomic mass is 16.5. The monoisotopic (exact) mass is 205 g/mol. The van der Waals surface area contributed by atoms with Crippen LogP contribution in [0.25, 0.3) is 0 Å². The van der Waals surface area contributed by atoms with Gasteiger partial charge in [0, 0.05) is 12.7 Å². The number of anilines is 1. The molecule has 0 saturated carbocycles. The SMILES string of the molecule is COC(=O)[C@@H]1C(=O)N(C)c2ccccc21. The number of methoxy groups -OCH3 is 1. The van der Waals surface area contributed by atoms with Crippen LogP contribution in [0.5, 0.6) is 0 Å². The van der Waals surface area contributed by atoms with E-state index in [0.29, 0.717) is 0 Å². The van der Waals surface area contributed by atoms with Gasteiger partial charge in [0.2, 0.25) is 5.91 Å². The third-order valence-corrected chi connectivity index (χ3v) is 2.62. The lowest BCUT2D eigenvalue weighted by Crippen LogP contribution is -2.28. The second-order valence-corrected chi connectivity index (χ2v) is 3.41. The van der Waals surface area contributed by atoms with Gasteiger partial charge in [0.05, 0.1) is 7.11 Å². The zero-order valence-electron chi connectivity index (χ0n) is 8.56. The number of carbonyl (C=O) groups is 2. The van der Waals surface area contributed by atoms with Crippen LogP contribution in [-0.2, 0) is 14.3 Å². The van der Waals surface area contributed by atoms with Gasteiger partial charge in [0.15, 0.2) is 5.92 Å². The summed E-state index contributed by atoms with van der Waals surface area (Å²) in [7, 11) is 2.95. The number of esters is 1. The van der Waals surface area contributed by atoms with Crippen molar-refractivity contribution in [2.24, 2.45) is 0 Å². The van der Waals surface area contributed by atoms with Crippen LogP contribution < -0.4 is 4.90 Å². The largest absolute Gasteiger partial charge is 0.468 e. The predicted octanol–water partition coefficient (Wildman–Crippen LogP) is 0.920. The van der Waals surface area contributed by atoms with Gasteiger partial charge in [-0.05, 0) is 11.6 Å². The average molecular weight is 205 g/mol. The first-order valence-electron chi connectivity index (χ1n) is 4.61. The molecule has 0 bridgehead atoms. The molecule has 0 spiro atoms. The molecule has 4 nitrogen and oxygen atoms in total. The Morgan fingerprint density at radius 1 is 1.40 bits per heavy atom. The van der Waals surface area contributed by atoms with Gasteiger partial charge in [-0.3, -0.25) is 9.59 Å². The number of benzene rings is 1. The Hall–Kier alpha value is -1.84. The maximum atomic E-state index is 11.8. The summed E-state index contributed by atoms with van der Waals surface area (Å²) in [5, 5.41) is 0. The van der Waals surface area contributed by atoms with E-state index in [-0.39, 0.29) is 5.91 Å². The van der Waals surface area contributed by atoms with Gasteiger partial charge in [-0.2, -0.15) is 0 Å². The summed E-state index contributed by atoms with van der Waals surface area (Å²) in [6.45, 7) is 0. The van der Waals surface area contributed by atoms with Crippen molar-refractivity contribution in [3.63, 3.8) is 0 Å². The molecule has 0 aromatic heterocycles. The van der Waals surface area contributed by atoms with Crippen molar-refractivity contribution in [2.75, 3.05) is 19.1 Å². The molecule has 1 amide bonds. The molecule has 1 atom stereocenters. The van der Waals surface area contributed by atoms with E-state index >= 15 is 0 Å². The molecule has 0 fully saturated rings. The molecule has 15 heavy (non-hydrogen) atoms. The molecule has 0 unspecified atom stereocenters.